The predicted octanol–water partition coefficient (Wildman–Crippen LogP) is 3.20. The maximum atomic E-state index is 13.0. The number of halogens is 1. The Bertz CT molecular complexity index is 2340. The van der Waals surface area contributed by atoms with Crippen molar-refractivity contribution in [3.63, 3.8) is 0 Å². The van der Waals surface area contributed by atoms with Crippen molar-refractivity contribution >= 4 is 81.7 Å². The first-order chi connectivity index (χ1) is 30.6. The Labute approximate surface area is 368 Å². The maximum absolute atomic E-state index is 13.0. The second-order valence-electron chi connectivity index (χ2n) is 15.0. The summed E-state index contributed by atoms with van der Waals surface area (Å²) in [4.78, 5) is 89.1. The van der Waals surface area contributed by atoms with Crippen LogP contribution in [0.3, 0.4) is 0 Å². The van der Waals surface area contributed by atoms with E-state index >= 15 is 0 Å². The van der Waals surface area contributed by atoms with E-state index in [0.29, 0.717) is 104 Å². The van der Waals surface area contributed by atoms with Crippen LogP contribution in [0.2, 0.25) is 5.02 Å². The number of amides is 7. The van der Waals surface area contributed by atoms with Gasteiger partial charge in [0, 0.05) is 87.5 Å². The zero-order valence-corrected chi connectivity index (χ0v) is 35.4. The fourth-order valence-corrected chi connectivity index (χ4v) is 7.60. The molecule has 7 amide bonds. The second kappa shape index (κ2) is 20.8. The summed E-state index contributed by atoms with van der Waals surface area (Å²) in [6, 6.07) is 19.1. The van der Waals surface area contributed by atoms with Crippen molar-refractivity contribution in [2.45, 2.75) is 31.8 Å². The molecule has 0 radical (unpaired) electrons. The number of para-hydroxylation sites is 1. The number of carbonyl (C=O) groups excluding carboxylic acids is 6. The third-order valence-electron chi connectivity index (χ3n) is 10.8. The molecule has 19 nitrogen and oxygen atoms in total. The van der Waals surface area contributed by atoms with E-state index < -0.39 is 11.9 Å². The molecule has 7 N–H and O–H groups in total. The lowest BCUT2D eigenvalue weighted by Crippen LogP contribution is -2.52. The molecule has 4 aromatic rings. The molecule has 1 atom stereocenters. The number of nitrogens with one attached hydrogen (secondary N) is 7. The van der Waals surface area contributed by atoms with E-state index in [0.717, 1.165) is 11.4 Å². The quantitative estimate of drug-likeness (QED) is 0.0598. The summed E-state index contributed by atoms with van der Waals surface area (Å²) in [5, 5.41) is 20.6. The highest BCUT2D eigenvalue weighted by Gasteiger charge is 2.40. The van der Waals surface area contributed by atoms with Gasteiger partial charge < -0.3 is 51.3 Å². The molecule has 2 fully saturated rings. The summed E-state index contributed by atoms with van der Waals surface area (Å²) in [6.07, 6.45) is 2.62. The average Bonchev–Trinajstić information content (AvgIpc) is 3.63. The summed E-state index contributed by atoms with van der Waals surface area (Å²) in [7, 11) is 1.57. The van der Waals surface area contributed by atoms with Crippen molar-refractivity contribution < 1.29 is 33.5 Å². The predicted molar refractivity (Wildman–Crippen MR) is 236 cm³/mol. The van der Waals surface area contributed by atoms with Crippen molar-refractivity contribution in [3.05, 3.63) is 94.6 Å². The van der Waals surface area contributed by atoms with Gasteiger partial charge in [0.25, 0.3) is 11.8 Å². The van der Waals surface area contributed by atoms with Crippen LogP contribution in [0.25, 0.3) is 0 Å². The number of piperazine rings is 1. The lowest BCUT2D eigenvalue weighted by Gasteiger charge is -2.36. The molecule has 2 saturated heterocycles. The third kappa shape index (κ3) is 11.2. The van der Waals surface area contributed by atoms with Gasteiger partial charge in [0.2, 0.25) is 23.7 Å². The molecule has 3 aliphatic rings. The van der Waals surface area contributed by atoms with Crippen LogP contribution in [0.4, 0.5) is 39.3 Å². The summed E-state index contributed by atoms with van der Waals surface area (Å²) in [5.74, 6) is -1.10. The minimum Gasteiger partial charge on any atom is -0.370 e. The Kier molecular flexibility index (Phi) is 14.6. The minimum absolute atomic E-state index is 0.102. The van der Waals surface area contributed by atoms with Crippen molar-refractivity contribution in [3.8, 4) is 0 Å². The largest absolute Gasteiger partial charge is 0.370 e. The molecule has 4 heterocycles. The van der Waals surface area contributed by atoms with Gasteiger partial charge in [0.15, 0.2) is 5.82 Å². The second-order valence-corrected chi connectivity index (χ2v) is 15.4. The lowest BCUT2D eigenvalue weighted by atomic mass is 10.0. The number of piperidine rings is 1. The van der Waals surface area contributed by atoms with Crippen molar-refractivity contribution in [2.75, 3.05) is 86.9 Å². The highest BCUT2D eigenvalue weighted by molar-refractivity contribution is 6.33. The van der Waals surface area contributed by atoms with Gasteiger partial charge in [0.05, 0.1) is 24.1 Å². The molecule has 20 heteroatoms. The first-order valence-electron chi connectivity index (χ1n) is 20.7. The van der Waals surface area contributed by atoms with E-state index in [2.05, 4.69) is 52.1 Å². The Morgan fingerprint density at radius 1 is 0.905 bits per heavy atom. The van der Waals surface area contributed by atoms with E-state index in [1.165, 1.54) is 11.1 Å². The fraction of sp³-hybridized carbons (Fsp3) is 0.349. The van der Waals surface area contributed by atoms with Gasteiger partial charge in [-0.1, -0.05) is 29.8 Å². The van der Waals surface area contributed by atoms with Crippen LogP contribution in [0.5, 0.6) is 0 Å². The van der Waals surface area contributed by atoms with Crippen LogP contribution in [0, 0.1) is 0 Å². The van der Waals surface area contributed by atoms with Crippen LogP contribution >= 0.6 is 11.6 Å². The number of carbonyl (C=O) groups is 6. The van der Waals surface area contributed by atoms with Crippen LogP contribution < -0.4 is 42.1 Å². The highest BCUT2D eigenvalue weighted by atomic mass is 35.5. The summed E-state index contributed by atoms with van der Waals surface area (Å²) in [5.41, 5.74) is 4.32. The van der Waals surface area contributed by atoms with Crippen LogP contribution in [-0.2, 0) is 25.7 Å². The maximum Gasteiger partial charge on any atom is 0.317 e. The number of benzene rings is 3. The van der Waals surface area contributed by atoms with Crippen molar-refractivity contribution in [1.29, 1.82) is 0 Å². The van der Waals surface area contributed by atoms with Gasteiger partial charge in [-0.15, -0.1) is 0 Å². The fourth-order valence-electron chi connectivity index (χ4n) is 7.46. The lowest BCUT2D eigenvalue weighted by molar-refractivity contribution is -0.137. The molecule has 3 aliphatic heterocycles. The number of imide groups is 1. The molecule has 1 aromatic heterocycles. The number of fused-ring (bicyclic) bond motifs is 1. The smallest absolute Gasteiger partial charge is 0.317 e. The van der Waals surface area contributed by atoms with Gasteiger partial charge in [-0.2, -0.15) is 4.98 Å². The minimum atomic E-state index is -0.740. The molecule has 0 saturated carbocycles. The Morgan fingerprint density at radius 2 is 1.68 bits per heavy atom. The summed E-state index contributed by atoms with van der Waals surface area (Å²) >= 11 is 6.38. The number of hydrogen-bond acceptors (Lipinski definition) is 13. The monoisotopic (exact) mass is 880 g/mol. The van der Waals surface area contributed by atoms with Crippen LogP contribution in [-0.4, -0.2) is 127 Å². The molecule has 0 spiro atoms. The van der Waals surface area contributed by atoms with Crippen LogP contribution in [0.15, 0.2) is 72.9 Å². The molecule has 0 aliphatic carbocycles. The number of urea groups is 1. The summed E-state index contributed by atoms with van der Waals surface area (Å²) in [6.45, 7) is 4.47. The first kappa shape index (κ1) is 44.2. The van der Waals surface area contributed by atoms with Crippen molar-refractivity contribution in [2.24, 2.45) is 0 Å². The van der Waals surface area contributed by atoms with Gasteiger partial charge in [-0.3, -0.25) is 29.3 Å². The highest BCUT2D eigenvalue weighted by Crippen LogP contribution is 2.33. The molecule has 0 bridgehead atoms. The molecule has 3 aromatic carbocycles. The standard InChI is InChI=1S/C43H49ClN12O7/c1-45-39(59)30-6-2-3-8-33(30)51-38-32(44)24-48-42(53-38)49-27-10-12-28(13-11-27)54-19-21-55(22-20-54)43(62)47-17-5-16-46-18-23-63-26-37(58)50-34-9-4-7-29-31(34)25-56(41(29)61)35-14-15-36(57)52-40(35)60/h2-4,6-13,24,35,46H,5,14-23,25-26H2,1H3,(H,45,59)(H,47,62)(H,50,58)(H,52,57,60)(H2,48,49,51,53). The third-order valence-corrected chi connectivity index (χ3v) is 11.0. The molecular weight excluding hydrogens is 832 g/mol. The van der Waals surface area contributed by atoms with E-state index in [-0.39, 0.29) is 55.7 Å². The first-order valence-corrected chi connectivity index (χ1v) is 21.1. The average molecular weight is 881 g/mol. The molecule has 330 valence electrons. The summed E-state index contributed by atoms with van der Waals surface area (Å²) < 4.78 is 5.54. The molecule has 7 rings (SSSR count). The number of anilines is 6. The molecule has 63 heavy (non-hydrogen) atoms. The van der Waals surface area contributed by atoms with Gasteiger partial charge >= 0.3 is 6.03 Å². The number of nitrogens with zero attached hydrogens (tertiary/aromatic N) is 5. The van der Waals surface area contributed by atoms with Gasteiger partial charge in [-0.05, 0) is 67.9 Å². The topological polar surface area (TPSA) is 231 Å². The Morgan fingerprint density at radius 3 is 2.46 bits per heavy atom. The van der Waals surface area contributed by atoms with Crippen molar-refractivity contribution in [1.82, 2.24) is 41.0 Å². The number of hydrogen-bond donors (Lipinski definition) is 7. The van der Waals surface area contributed by atoms with E-state index in [4.69, 9.17) is 16.3 Å². The van der Waals surface area contributed by atoms with E-state index in [1.807, 2.05) is 35.2 Å². The van der Waals surface area contributed by atoms with E-state index in [9.17, 15) is 28.8 Å². The number of aromatic nitrogens is 2. The molecular formula is C43H49ClN12O7. The van der Waals surface area contributed by atoms with Gasteiger partial charge in [0.1, 0.15) is 17.7 Å². The Balaban J connectivity index is 0.750. The zero-order chi connectivity index (χ0) is 44.3. The normalized spacial score (nSPS) is 16.0. The number of rotatable bonds is 17. The van der Waals surface area contributed by atoms with Crippen LogP contribution in [0.1, 0.15) is 45.5 Å². The number of ether oxygens (including phenoxy) is 1. The SMILES string of the molecule is CNC(=O)c1ccccc1Nc1nc(Nc2ccc(N3CCN(C(=O)NCCCNCCOCC(=O)Nc4cccc5c4CN(C4CCC(=O)NC4=O)C5=O)CC3)cc2)ncc1Cl. The Hall–Kier alpha value is -6.83. The molecule has 1 unspecified atom stereocenters. The van der Waals surface area contributed by atoms with E-state index in [1.54, 1.807) is 43.4 Å². The zero-order valence-electron chi connectivity index (χ0n) is 34.7. The van der Waals surface area contributed by atoms with Gasteiger partial charge in [-0.25, -0.2) is 9.78 Å².